The zero-order chi connectivity index (χ0) is 20.3. The smallest absolute Gasteiger partial charge is 0.245 e. The number of phenolic OH excluding ortho intramolecular Hbond substituents is 1. The summed E-state index contributed by atoms with van der Waals surface area (Å²) in [4.78, 5) is 6.67. The summed E-state index contributed by atoms with van der Waals surface area (Å²) >= 11 is 0. The summed E-state index contributed by atoms with van der Waals surface area (Å²) in [6.45, 7) is 3.48. The molecule has 2 fully saturated rings. The summed E-state index contributed by atoms with van der Waals surface area (Å²) in [6, 6.07) is 6.42. The van der Waals surface area contributed by atoms with Crippen LogP contribution in [-0.2, 0) is 4.74 Å². The molecule has 0 radical (unpaired) electrons. The van der Waals surface area contributed by atoms with Gasteiger partial charge in [0.2, 0.25) is 5.95 Å². The minimum atomic E-state index is 0.138. The van der Waals surface area contributed by atoms with E-state index in [4.69, 9.17) is 4.74 Å². The molecule has 0 saturated carbocycles. The molecular formula is C21H25N7O2. The van der Waals surface area contributed by atoms with E-state index in [9.17, 15) is 5.11 Å². The number of nitrogens with zero attached hydrogens (tertiary/aromatic N) is 5. The Hall–Kier alpha value is -3.04. The van der Waals surface area contributed by atoms with Gasteiger partial charge in [-0.15, -0.1) is 10.2 Å². The number of aromatic hydroxyl groups is 1. The average molecular weight is 407 g/mol. The lowest BCUT2D eigenvalue weighted by Gasteiger charge is -2.26. The van der Waals surface area contributed by atoms with E-state index in [1.807, 2.05) is 12.1 Å². The quantitative estimate of drug-likeness (QED) is 0.589. The fourth-order valence-corrected chi connectivity index (χ4v) is 4.15. The molecule has 5 rings (SSSR count). The maximum atomic E-state index is 10.5. The monoisotopic (exact) mass is 407 g/mol. The Morgan fingerprint density at radius 2 is 1.97 bits per heavy atom. The van der Waals surface area contributed by atoms with Gasteiger partial charge in [0.05, 0.1) is 12.4 Å². The standard InChI is InChI=1S/C21H25N7O2/c29-20-9-14(15-10-23-24-11-15)1-2-18(20)19-12-22-21(27-26-19)28-6-3-17(13-28)25-16-4-7-30-8-5-16/h1-2,9-12,16-17,25,29H,3-8,13H2,(H,23,24). The van der Waals surface area contributed by atoms with Crippen LogP contribution in [0.5, 0.6) is 5.75 Å². The highest BCUT2D eigenvalue weighted by Gasteiger charge is 2.27. The highest BCUT2D eigenvalue weighted by Crippen LogP contribution is 2.32. The SMILES string of the molecule is Oc1cc(-c2cn[nH]c2)ccc1-c1cnc(N2CCC(NC3CCOCC3)C2)nn1. The molecule has 2 aromatic heterocycles. The van der Waals surface area contributed by atoms with Crippen molar-refractivity contribution in [2.45, 2.75) is 31.3 Å². The summed E-state index contributed by atoms with van der Waals surface area (Å²) < 4.78 is 5.44. The van der Waals surface area contributed by atoms with Gasteiger partial charge in [0.15, 0.2) is 0 Å². The minimum Gasteiger partial charge on any atom is -0.507 e. The summed E-state index contributed by atoms with van der Waals surface area (Å²) in [5.41, 5.74) is 2.94. The summed E-state index contributed by atoms with van der Waals surface area (Å²) in [5.74, 6) is 0.768. The van der Waals surface area contributed by atoms with Crippen LogP contribution >= 0.6 is 0 Å². The van der Waals surface area contributed by atoms with Gasteiger partial charge in [-0.25, -0.2) is 4.98 Å². The molecule has 2 aliphatic rings. The molecule has 0 amide bonds. The molecule has 3 aromatic rings. The molecule has 30 heavy (non-hydrogen) atoms. The number of hydrogen-bond donors (Lipinski definition) is 3. The molecule has 4 heterocycles. The highest BCUT2D eigenvalue weighted by molar-refractivity contribution is 5.73. The van der Waals surface area contributed by atoms with E-state index in [1.54, 1.807) is 24.7 Å². The number of benzene rings is 1. The molecule has 3 N–H and O–H groups in total. The Labute approximate surface area is 174 Å². The Kier molecular flexibility index (Phi) is 5.29. The van der Waals surface area contributed by atoms with E-state index in [2.05, 4.69) is 35.6 Å². The first-order valence-corrected chi connectivity index (χ1v) is 10.4. The Bertz CT molecular complexity index is 972. The number of aromatic nitrogens is 5. The van der Waals surface area contributed by atoms with Gasteiger partial charge in [0.25, 0.3) is 0 Å². The summed E-state index contributed by atoms with van der Waals surface area (Å²) in [5, 5.41) is 29.6. The molecule has 1 atom stereocenters. The van der Waals surface area contributed by atoms with Gasteiger partial charge < -0.3 is 20.1 Å². The van der Waals surface area contributed by atoms with Crippen LogP contribution in [-0.4, -0.2) is 68.9 Å². The lowest BCUT2D eigenvalue weighted by molar-refractivity contribution is 0.0755. The molecule has 0 spiro atoms. The van der Waals surface area contributed by atoms with E-state index in [-0.39, 0.29) is 5.75 Å². The second-order valence-electron chi connectivity index (χ2n) is 7.85. The van der Waals surface area contributed by atoms with Crippen molar-refractivity contribution in [3.8, 4) is 28.1 Å². The molecule has 0 bridgehead atoms. The number of phenols is 1. The average Bonchev–Trinajstić information content (AvgIpc) is 3.47. The van der Waals surface area contributed by atoms with Crippen LogP contribution in [0.4, 0.5) is 5.95 Å². The number of ether oxygens (including phenoxy) is 1. The predicted octanol–water partition coefficient (Wildman–Crippen LogP) is 1.98. The van der Waals surface area contributed by atoms with Crippen LogP contribution in [0.2, 0.25) is 0 Å². The van der Waals surface area contributed by atoms with E-state index in [1.165, 1.54) is 0 Å². The zero-order valence-electron chi connectivity index (χ0n) is 16.7. The first-order chi connectivity index (χ1) is 14.8. The number of aromatic amines is 1. The van der Waals surface area contributed by atoms with Crippen LogP contribution in [0.25, 0.3) is 22.4 Å². The lowest BCUT2D eigenvalue weighted by Crippen LogP contribution is -2.43. The van der Waals surface area contributed by atoms with Gasteiger partial charge in [-0.05, 0) is 37.0 Å². The second-order valence-corrected chi connectivity index (χ2v) is 7.85. The third kappa shape index (κ3) is 3.99. The highest BCUT2D eigenvalue weighted by atomic mass is 16.5. The number of anilines is 1. The van der Waals surface area contributed by atoms with Crippen molar-refractivity contribution >= 4 is 5.95 Å². The fourth-order valence-electron chi connectivity index (χ4n) is 4.15. The largest absolute Gasteiger partial charge is 0.507 e. The number of nitrogens with one attached hydrogen (secondary N) is 2. The minimum absolute atomic E-state index is 0.138. The van der Waals surface area contributed by atoms with Crippen LogP contribution in [0.3, 0.4) is 0 Å². The van der Waals surface area contributed by atoms with Crippen molar-refractivity contribution in [1.82, 2.24) is 30.7 Å². The molecular weight excluding hydrogens is 382 g/mol. The Balaban J connectivity index is 1.25. The number of rotatable bonds is 5. The Morgan fingerprint density at radius 1 is 1.07 bits per heavy atom. The van der Waals surface area contributed by atoms with E-state index >= 15 is 0 Å². The van der Waals surface area contributed by atoms with Crippen LogP contribution in [0.1, 0.15) is 19.3 Å². The van der Waals surface area contributed by atoms with Gasteiger partial charge >= 0.3 is 0 Å². The summed E-state index contributed by atoms with van der Waals surface area (Å²) in [6.07, 6.45) is 8.39. The predicted molar refractivity (Wildman–Crippen MR) is 112 cm³/mol. The van der Waals surface area contributed by atoms with Crippen molar-refractivity contribution in [3.05, 3.63) is 36.8 Å². The third-order valence-corrected chi connectivity index (χ3v) is 5.82. The summed E-state index contributed by atoms with van der Waals surface area (Å²) in [7, 11) is 0. The molecule has 9 nitrogen and oxygen atoms in total. The first kappa shape index (κ1) is 19.0. The zero-order valence-corrected chi connectivity index (χ0v) is 16.7. The topological polar surface area (TPSA) is 112 Å². The Morgan fingerprint density at radius 3 is 2.70 bits per heavy atom. The second kappa shape index (κ2) is 8.37. The van der Waals surface area contributed by atoms with Crippen LogP contribution in [0, 0.1) is 0 Å². The van der Waals surface area contributed by atoms with Gasteiger partial charge in [0.1, 0.15) is 11.4 Å². The van der Waals surface area contributed by atoms with Crippen LogP contribution < -0.4 is 10.2 Å². The lowest BCUT2D eigenvalue weighted by atomic mass is 10.0. The number of H-pyrrole nitrogens is 1. The fraction of sp³-hybridized carbons (Fsp3) is 0.429. The van der Waals surface area contributed by atoms with Crippen molar-refractivity contribution in [2.24, 2.45) is 0 Å². The van der Waals surface area contributed by atoms with Crippen molar-refractivity contribution in [1.29, 1.82) is 0 Å². The molecule has 156 valence electrons. The maximum absolute atomic E-state index is 10.5. The van der Waals surface area contributed by atoms with Gasteiger partial charge in [-0.3, -0.25) is 5.10 Å². The molecule has 0 aliphatic carbocycles. The van der Waals surface area contributed by atoms with Gasteiger partial charge in [-0.1, -0.05) is 6.07 Å². The van der Waals surface area contributed by atoms with Crippen LogP contribution in [0.15, 0.2) is 36.8 Å². The van der Waals surface area contributed by atoms with Crippen molar-refractivity contribution in [3.63, 3.8) is 0 Å². The van der Waals surface area contributed by atoms with E-state index in [0.717, 1.165) is 56.7 Å². The molecule has 1 aromatic carbocycles. The third-order valence-electron chi connectivity index (χ3n) is 5.82. The molecule has 2 aliphatic heterocycles. The van der Waals surface area contributed by atoms with E-state index < -0.39 is 0 Å². The van der Waals surface area contributed by atoms with Crippen molar-refractivity contribution < 1.29 is 9.84 Å². The first-order valence-electron chi connectivity index (χ1n) is 10.4. The maximum Gasteiger partial charge on any atom is 0.245 e. The normalized spacial score (nSPS) is 20.0. The number of hydrogen-bond acceptors (Lipinski definition) is 8. The molecule has 2 saturated heterocycles. The molecule has 9 heteroatoms. The van der Waals surface area contributed by atoms with Crippen molar-refractivity contribution in [2.75, 3.05) is 31.2 Å². The van der Waals surface area contributed by atoms with E-state index in [0.29, 0.717) is 29.3 Å². The molecule has 1 unspecified atom stereocenters. The van der Waals surface area contributed by atoms with Gasteiger partial charge in [0, 0.05) is 55.7 Å². The van der Waals surface area contributed by atoms with Gasteiger partial charge in [-0.2, -0.15) is 5.10 Å².